The zero-order valence-corrected chi connectivity index (χ0v) is 16.1. The summed E-state index contributed by atoms with van der Waals surface area (Å²) in [6.07, 6.45) is 7.82. The Bertz CT molecular complexity index is 714. The van der Waals surface area contributed by atoms with E-state index < -0.39 is 10.0 Å². The first-order valence-electron chi connectivity index (χ1n) is 8.57. The highest BCUT2D eigenvalue weighted by Crippen LogP contribution is 2.20. The number of sulfonamides is 1. The van der Waals surface area contributed by atoms with Crippen LogP contribution in [0.3, 0.4) is 0 Å². The van der Waals surface area contributed by atoms with E-state index in [0.717, 1.165) is 19.3 Å². The minimum atomic E-state index is -3.59. The predicted octanol–water partition coefficient (Wildman–Crippen LogP) is 3.36. The molecule has 1 aliphatic rings. The molecular weight excluding hydrogens is 360 g/mol. The number of carbonyl (C=O) groups is 1. The lowest BCUT2D eigenvalue weighted by atomic mass is 9.97. The summed E-state index contributed by atoms with van der Waals surface area (Å²) in [5.41, 5.74) is 1.40. The minimum absolute atomic E-state index is 0.0397. The second kappa shape index (κ2) is 9.36. The average molecular weight is 385 g/mol. The fourth-order valence-electron chi connectivity index (χ4n) is 2.85. The van der Waals surface area contributed by atoms with Crippen molar-refractivity contribution in [3.8, 4) is 0 Å². The van der Waals surface area contributed by atoms with Crippen molar-refractivity contribution in [1.82, 2.24) is 9.62 Å². The smallest absolute Gasteiger partial charge is 0.240 e. The molecule has 25 heavy (non-hydrogen) atoms. The standard InChI is InChI=1S/C18H25ClN2O3S/c1-15(22)21(13-11-16-5-3-2-4-6-16)14-12-20-25(23,24)18-9-7-17(19)8-10-18/h5,7-10,20H,2-4,6,11-14H2,1H3. The van der Waals surface area contributed by atoms with Crippen molar-refractivity contribution < 1.29 is 13.2 Å². The van der Waals surface area contributed by atoms with Crippen molar-refractivity contribution in [3.63, 3.8) is 0 Å². The van der Waals surface area contributed by atoms with E-state index in [0.29, 0.717) is 18.1 Å². The highest BCUT2D eigenvalue weighted by atomic mass is 35.5. The van der Waals surface area contributed by atoms with Crippen molar-refractivity contribution in [2.24, 2.45) is 0 Å². The van der Waals surface area contributed by atoms with Crippen molar-refractivity contribution in [2.45, 2.75) is 43.9 Å². The maximum atomic E-state index is 12.2. The molecule has 1 amide bonds. The van der Waals surface area contributed by atoms with Gasteiger partial charge in [-0.3, -0.25) is 4.79 Å². The Hall–Kier alpha value is -1.37. The molecule has 0 bridgehead atoms. The van der Waals surface area contributed by atoms with E-state index in [1.807, 2.05) is 0 Å². The lowest BCUT2D eigenvalue weighted by Crippen LogP contribution is -2.38. The Morgan fingerprint density at radius 2 is 1.92 bits per heavy atom. The quantitative estimate of drug-likeness (QED) is 0.699. The Morgan fingerprint density at radius 3 is 2.52 bits per heavy atom. The first-order valence-corrected chi connectivity index (χ1v) is 10.4. The van der Waals surface area contributed by atoms with E-state index in [9.17, 15) is 13.2 Å². The van der Waals surface area contributed by atoms with Gasteiger partial charge in [0.05, 0.1) is 4.90 Å². The summed E-state index contributed by atoms with van der Waals surface area (Å²) < 4.78 is 27.0. The molecule has 0 atom stereocenters. The van der Waals surface area contributed by atoms with Gasteiger partial charge in [0.25, 0.3) is 0 Å². The van der Waals surface area contributed by atoms with E-state index >= 15 is 0 Å². The molecule has 0 saturated heterocycles. The summed E-state index contributed by atoms with van der Waals surface area (Å²) in [6.45, 7) is 2.69. The molecule has 0 aliphatic heterocycles. The molecule has 0 aromatic heterocycles. The van der Waals surface area contributed by atoms with Gasteiger partial charge in [0.15, 0.2) is 0 Å². The molecule has 0 radical (unpaired) electrons. The second-order valence-corrected chi connectivity index (χ2v) is 8.42. The molecular formula is C18H25ClN2O3S. The molecule has 1 N–H and O–H groups in total. The monoisotopic (exact) mass is 384 g/mol. The summed E-state index contributed by atoms with van der Waals surface area (Å²) in [7, 11) is -3.59. The van der Waals surface area contributed by atoms with E-state index in [2.05, 4.69) is 10.8 Å². The summed E-state index contributed by atoms with van der Waals surface area (Å²) in [5, 5.41) is 0.485. The number of halogens is 1. The SMILES string of the molecule is CC(=O)N(CCNS(=O)(=O)c1ccc(Cl)cc1)CCC1=CCCCC1. The summed E-state index contributed by atoms with van der Waals surface area (Å²) in [4.78, 5) is 13.7. The van der Waals surface area contributed by atoms with E-state index in [4.69, 9.17) is 11.6 Å². The third-order valence-corrected chi connectivity index (χ3v) is 6.06. The van der Waals surface area contributed by atoms with Crippen molar-refractivity contribution in [1.29, 1.82) is 0 Å². The normalized spacial score (nSPS) is 14.9. The van der Waals surface area contributed by atoms with Crippen LogP contribution in [-0.4, -0.2) is 38.9 Å². The Morgan fingerprint density at radius 1 is 1.20 bits per heavy atom. The molecule has 1 aromatic rings. The van der Waals surface area contributed by atoms with Crippen molar-refractivity contribution >= 4 is 27.5 Å². The van der Waals surface area contributed by atoms with Crippen LogP contribution >= 0.6 is 11.6 Å². The number of nitrogens with one attached hydrogen (secondary N) is 1. The summed E-state index contributed by atoms with van der Waals surface area (Å²) in [6, 6.07) is 6.00. The summed E-state index contributed by atoms with van der Waals surface area (Å²) >= 11 is 5.78. The summed E-state index contributed by atoms with van der Waals surface area (Å²) in [5.74, 6) is -0.0397. The molecule has 7 heteroatoms. The lowest BCUT2D eigenvalue weighted by Gasteiger charge is -2.23. The lowest BCUT2D eigenvalue weighted by molar-refractivity contribution is -0.128. The van der Waals surface area contributed by atoms with Crippen molar-refractivity contribution in [3.05, 3.63) is 40.9 Å². The van der Waals surface area contributed by atoms with Gasteiger partial charge in [-0.2, -0.15) is 0 Å². The van der Waals surface area contributed by atoms with Gasteiger partial charge in [-0.25, -0.2) is 13.1 Å². The molecule has 5 nitrogen and oxygen atoms in total. The first kappa shape index (κ1) is 19.9. The van der Waals surface area contributed by atoms with Crippen LogP contribution in [-0.2, 0) is 14.8 Å². The van der Waals surface area contributed by atoms with Gasteiger partial charge in [-0.1, -0.05) is 23.3 Å². The van der Waals surface area contributed by atoms with Gasteiger partial charge >= 0.3 is 0 Å². The number of allylic oxidation sites excluding steroid dienone is 1. The van der Waals surface area contributed by atoms with E-state index in [-0.39, 0.29) is 17.3 Å². The van der Waals surface area contributed by atoms with Crippen LogP contribution in [0, 0.1) is 0 Å². The number of hydrogen-bond acceptors (Lipinski definition) is 3. The molecule has 0 fully saturated rings. The van der Waals surface area contributed by atoms with Gasteiger partial charge in [0, 0.05) is 31.6 Å². The fourth-order valence-corrected chi connectivity index (χ4v) is 4.00. The zero-order chi connectivity index (χ0) is 18.3. The number of benzene rings is 1. The average Bonchev–Trinajstić information content (AvgIpc) is 2.59. The van der Waals surface area contributed by atoms with Gasteiger partial charge < -0.3 is 4.90 Å². The molecule has 0 unspecified atom stereocenters. The van der Waals surface area contributed by atoms with Crippen LogP contribution in [0.4, 0.5) is 0 Å². The van der Waals surface area contributed by atoms with Gasteiger partial charge in [0.2, 0.25) is 15.9 Å². The van der Waals surface area contributed by atoms with Crippen LogP contribution in [0.1, 0.15) is 39.0 Å². The van der Waals surface area contributed by atoms with E-state index in [1.54, 1.807) is 4.90 Å². The third kappa shape index (κ3) is 6.45. The van der Waals surface area contributed by atoms with Gasteiger partial charge in [0.1, 0.15) is 0 Å². The van der Waals surface area contributed by atoms with Crippen LogP contribution < -0.4 is 4.72 Å². The van der Waals surface area contributed by atoms with Crippen LogP contribution in [0.2, 0.25) is 5.02 Å². The zero-order valence-electron chi connectivity index (χ0n) is 14.5. The number of hydrogen-bond donors (Lipinski definition) is 1. The van der Waals surface area contributed by atoms with Gasteiger partial charge in [-0.05, 0) is 56.4 Å². The predicted molar refractivity (Wildman–Crippen MR) is 100 cm³/mol. The molecule has 2 rings (SSSR count). The van der Waals surface area contributed by atoms with Crippen LogP contribution in [0.5, 0.6) is 0 Å². The maximum Gasteiger partial charge on any atom is 0.240 e. The first-order chi connectivity index (χ1) is 11.9. The fraction of sp³-hybridized carbons (Fsp3) is 0.500. The second-order valence-electron chi connectivity index (χ2n) is 6.22. The Balaban J connectivity index is 1.85. The number of nitrogens with zero attached hydrogens (tertiary/aromatic N) is 1. The van der Waals surface area contributed by atoms with Crippen molar-refractivity contribution in [2.75, 3.05) is 19.6 Å². The van der Waals surface area contributed by atoms with Gasteiger partial charge in [-0.15, -0.1) is 0 Å². The molecule has 1 aliphatic carbocycles. The third-order valence-electron chi connectivity index (χ3n) is 4.33. The Kier molecular flexibility index (Phi) is 7.47. The Labute approximate surface area is 155 Å². The highest BCUT2D eigenvalue weighted by Gasteiger charge is 2.15. The molecule has 1 aromatic carbocycles. The van der Waals surface area contributed by atoms with E-state index in [1.165, 1.54) is 49.6 Å². The highest BCUT2D eigenvalue weighted by molar-refractivity contribution is 7.89. The number of carbonyl (C=O) groups excluding carboxylic acids is 1. The minimum Gasteiger partial charge on any atom is -0.341 e. The number of amides is 1. The molecule has 0 heterocycles. The topological polar surface area (TPSA) is 66.5 Å². The molecule has 0 spiro atoms. The molecule has 138 valence electrons. The molecule has 0 saturated carbocycles. The van der Waals surface area contributed by atoms with Crippen LogP contribution in [0.25, 0.3) is 0 Å². The number of rotatable bonds is 8. The largest absolute Gasteiger partial charge is 0.341 e. The maximum absolute atomic E-state index is 12.2. The van der Waals surface area contributed by atoms with Crippen LogP contribution in [0.15, 0.2) is 40.8 Å².